The summed E-state index contributed by atoms with van der Waals surface area (Å²) in [6.07, 6.45) is 2.93. The third-order valence-electron chi connectivity index (χ3n) is 6.72. The fraction of sp³-hybridized carbons (Fsp3) is 0.357. The van der Waals surface area contributed by atoms with Crippen LogP contribution in [0.4, 0.5) is 4.39 Å². The van der Waals surface area contributed by atoms with Crippen LogP contribution in [-0.2, 0) is 11.2 Å². The molecular formula is C28H29FN2O3S. The highest BCUT2D eigenvalue weighted by Crippen LogP contribution is 2.35. The van der Waals surface area contributed by atoms with Crippen molar-refractivity contribution < 1.29 is 18.7 Å². The van der Waals surface area contributed by atoms with Gasteiger partial charge in [-0.3, -0.25) is 9.59 Å². The van der Waals surface area contributed by atoms with Crippen molar-refractivity contribution in [2.75, 3.05) is 26.2 Å². The van der Waals surface area contributed by atoms with Crippen molar-refractivity contribution in [3.8, 4) is 5.75 Å². The van der Waals surface area contributed by atoms with Crippen LogP contribution in [0.15, 0.2) is 60.0 Å². The molecule has 2 amide bonds. The molecule has 0 N–H and O–H groups in total. The second-order valence-corrected chi connectivity index (χ2v) is 10.4. The normalized spacial score (nSPS) is 17.1. The van der Waals surface area contributed by atoms with Crippen LogP contribution >= 0.6 is 11.3 Å². The smallest absolute Gasteiger partial charge is 0.254 e. The first-order valence-corrected chi connectivity index (χ1v) is 13.0. The van der Waals surface area contributed by atoms with Crippen molar-refractivity contribution in [2.45, 2.75) is 32.2 Å². The molecule has 1 atom stereocenters. The summed E-state index contributed by atoms with van der Waals surface area (Å²) in [5.74, 6) is 0.494. The van der Waals surface area contributed by atoms with E-state index in [1.54, 1.807) is 16.2 Å². The number of fused-ring (bicyclic) bond motifs is 1. The van der Waals surface area contributed by atoms with Crippen molar-refractivity contribution in [3.63, 3.8) is 0 Å². The molecule has 1 saturated carbocycles. The van der Waals surface area contributed by atoms with Gasteiger partial charge in [0.2, 0.25) is 5.91 Å². The number of carbonyl (C=O) groups excluding carboxylic acids is 2. The minimum absolute atomic E-state index is 0.00715. The summed E-state index contributed by atoms with van der Waals surface area (Å²) in [5.41, 5.74) is 2.69. The summed E-state index contributed by atoms with van der Waals surface area (Å²) in [4.78, 5) is 31.6. The van der Waals surface area contributed by atoms with E-state index in [1.165, 1.54) is 29.1 Å². The van der Waals surface area contributed by atoms with Gasteiger partial charge >= 0.3 is 0 Å². The van der Waals surface area contributed by atoms with Gasteiger partial charge in [0.25, 0.3) is 5.91 Å². The van der Waals surface area contributed by atoms with Crippen molar-refractivity contribution in [3.05, 3.63) is 87.4 Å². The summed E-state index contributed by atoms with van der Waals surface area (Å²) in [6, 6.07) is 15.3. The molecule has 3 aromatic rings. The lowest BCUT2D eigenvalue weighted by atomic mass is 10.00. The topological polar surface area (TPSA) is 49.9 Å². The summed E-state index contributed by atoms with van der Waals surface area (Å²) < 4.78 is 19.5. The molecule has 2 aromatic carbocycles. The maximum absolute atomic E-state index is 13.6. The second-order valence-electron chi connectivity index (χ2n) is 9.41. The second kappa shape index (κ2) is 10.2. The fourth-order valence-corrected chi connectivity index (χ4v) is 5.47. The van der Waals surface area contributed by atoms with Gasteiger partial charge in [0.05, 0.1) is 6.04 Å². The zero-order chi connectivity index (χ0) is 24.4. The minimum Gasteiger partial charge on any atom is -0.491 e. The molecule has 7 heteroatoms. The van der Waals surface area contributed by atoms with Gasteiger partial charge in [-0.2, -0.15) is 0 Å². The van der Waals surface area contributed by atoms with Crippen molar-refractivity contribution >= 4 is 23.2 Å². The number of nitrogens with zero attached hydrogens (tertiary/aromatic N) is 2. The molecule has 1 aliphatic carbocycles. The number of benzene rings is 2. The van der Waals surface area contributed by atoms with Gasteiger partial charge in [0, 0.05) is 23.5 Å². The third-order valence-corrected chi connectivity index (χ3v) is 7.72. The number of amides is 2. The molecular weight excluding hydrogens is 463 g/mol. The quantitative estimate of drug-likeness (QED) is 0.431. The summed E-state index contributed by atoms with van der Waals surface area (Å²) in [7, 11) is 0. The van der Waals surface area contributed by atoms with Crippen LogP contribution in [0.2, 0.25) is 0 Å². The Morgan fingerprint density at radius 1 is 1.09 bits per heavy atom. The first-order valence-electron chi connectivity index (χ1n) is 12.1. The first kappa shape index (κ1) is 23.5. The number of halogens is 1. The van der Waals surface area contributed by atoms with Crippen molar-refractivity contribution in [1.29, 1.82) is 0 Å². The van der Waals surface area contributed by atoms with Gasteiger partial charge in [-0.05, 0) is 85.5 Å². The molecule has 182 valence electrons. The van der Waals surface area contributed by atoms with Gasteiger partial charge in [0.1, 0.15) is 24.7 Å². The van der Waals surface area contributed by atoms with E-state index >= 15 is 0 Å². The van der Waals surface area contributed by atoms with Crippen LogP contribution in [0.25, 0.3) is 0 Å². The zero-order valence-electron chi connectivity index (χ0n) is 19.8. The van der Waals surface area contributed by atoms with E-state index in [0.29, 0.717) is 31.2 Å². The number of ether oxygens (including phenoxy) is 1. The molecule has 2 heterocycles. The average Bonchev–Trinajstić information content (AvgIpc) is 3.55. The van der Waals surface area contributed by atoms with Crippen LogP contribution in [-0.4, -0.2) is 47.9 Å². The predicted octanol–water partition coefficient (Wildman–Crippen LogP) is 5.25. The number of aryl methyl sites for hydroxylation is 1. The van der Waals surface area contributed by atoms with Crippen LogP contribution in [0, 0.1) is 18.7 Å². The molecule has 2 aliphatic rings. The fourth-order valence-electron chi connectivity index (χ4n) is 4.54. The molecule has 1 fully saturated rings. The first-order chi connectivity index (χ1) is 17.0. The largest absolute Gasteiger partial charge is 0.491 e. The lowest BCUT2D eigenvalue weighted by molar-refractivity contribution is -0.135. The van der Waals surface area contributed by atoms with Gasteiger partial charge in [0.15, 0.2) is 0 Å². The maximum Gasteiger partial charge on any atom is 0.254 e. The molecule has 5 rings (SSSR count). The van der Waals surface area contributed by atoms with E-state index in [0.717, 1.165) is 36.1 Å². The molecule has 1 aromatic heterocycles. The van der Waals surface area contributed by atoms with Crippen molar-refractivity contribution in [1.82, 2.24) is 9.80 Å². The molecule has 0 unspecified atom stereocenters. The maximum atomic E-state index is 13.6. The highest BCUT2D eigenvalue weighted by molar-refractivity contribution is 7.10. The lowest BCUT2D eigenvalue weighted by Crippen LogP contribution is -2.48. The Balaban J connectivity index is 1.33. The van der Waals surface area contributed by atoms with Gasteiger partial charge in [-0.1, -0.05) is 17.7 Å². The van der Waals surface area contributed by atoms with Crippen LogP contribution in [0.5, 0.6) is 5.75 Å². The number of rotatable bonds is 8. The predicted molar refractivity (Wildman–Crippen MR) is 134 cm³/mol. The van der Waals surface area contributed by atoms with Gasteiger partial charge in [-0.15, -0.1) is 11.3 Å². The highest BCUT2D eigenvalue weighted by Gasteiger charge is 2.35. The standard InChI is InChI=1S/C28H29FN2O3S/c1-19-2-10-23(11-3-19)34-18-25-24-13-15-35-26(24)12-14-31(25)27(32)17-30(16-20-4-5-20)28(33)21-6-8-22(29)9-7-21/h2-3,6-11,13,15,20,25H,4-5,12,14,16-18H2,1H3/t25-/m0/s1. The average molecular weight is 493 g/mol. The van der Waals surface area contributed by atoms with E-state index in [-0.39, 0.29) is 30.2 Å². The number of hydrogen-bond donors (Lipinski definition) is 0. The lowest BCUT2D eigenvalue weighted by Gasteiger charge is -2.37. The molecule has 0 spiro atoms. The van der Waals surface area contributed by atoms with E-state index in [2.05, 4.69) is 11.4 Å². The Hall–Kier alpha value is -3.19. The molecule has 0 saturated heterocycles. The van der Waals surface area contributed by atoms with E-state index < -0.39 is 0 Å². The summed E-state index contributed by atoms with van der Waals surface area (Å²) in [5, 5.41) is 2.06. The summed E-state index contributed by atoms with van der Waals surface area (Å²) in [6.45, 7) is 3.53. The Labute approximate surface area is 209 Å². The van der Waals surface area contributed by atoms with Gasteiger partial charge in [-0.25, -0.2) is 4.39 Å². The number of hydrogen-bond acceptors (Lipinski definition) is 4. The molecule has 35 heavy (non-hydrogen) atoms. The zero-order valence-corrected chi connectivity index (χ0v) is 20.6. The Morgan fingerprint density at radius 2 is 1.83 bits per heavy atom. The Bertz CT molecular complexity index is 1190. The minimum atomic E-state index is -0.386. The van der Waals surface area contributed by atoms with Gasteiger partial charge < -0.3 is 14.5 Å². The molecule has 0 radical (unpaired) electrons. The molecule has 0 bridgehead atoms. The molecule has 1 aliphatic heterocycles. The monoisotopic (exact) mass is 492 g/mol. The van der Waals surface area contributed by atoms with Crippen molar-refractivity contribution in [2.24, 2.45) is 5.92 Å². The van der Waals surface area contributed by atoms with Crippen LogP contribution in [0.3, 0.4) is 0 Å². The highest BCUT2D eigenvalue weighted by atomic mass is 32.1. The Morgan fingerprint density at radius 3 is 2.54 bits per heavy atom. The SMILES string of the molecule is Cc1ccc(OC[C@H]2c3ccsc3CCN2C(=O)CN(CC2CC2)C(=O)c2ccc(F)cc2)cc1. The third kappa shape index (κ3) is 5.56. The van der Waals surface area contributed by atoms with E-state index in [4.69, 9.17) is 4.74 Å². The molecule has 5 nitrogen and oxygen atoms in total. The van der Waals surface area contributed by atoms with Crippen LogP contribution < -0.4 is 4.74 Å². The number of carbonyl (C=O) groups is 2. The van der Waals surface area contributed by atoms with E-state index in [9.17, 15) is 14.0 Å². The summed E-state index contributed by atoms with van der Waals surface area (Å²) >= 11 is 1.71. The Kier molecular flexibility index (Phi) is 6.86. The number of thiophene rings is 1. The van der Waals surface area contributed by atoms with E-state index in [1.807, 2.05) is 36.1 Å². The van der Waals surface area contributed by atoms with Crippen LogP contribution in [0.1, 0.15) is 45.2 Å².